The summed E-state index contributed by atoms with van der Waals surface area (Å²) < 4.78 is 0. The van der Waals surface area contributed by atoms with Gasteiger partial charge in [-0.25, -0.2) is 4.98 Å². The van der Waals surface area contributed by atoms with Crippen molar-refractivity contribution in [2.45, 2.75) is 53.0 Å². The van der Waals surface area contributed by atoms with E-state index in [0.717, 1.165) is 24.7 Å². The van der Waals surface area contributed by atoms with E-state index < -0.39 is 0 Å². The minimum absolute atomic E-state index is 0.819. The van der Waals surface area contributed by atoms with E-state index in [1.54, 1.807) is 6.33 Å². The van der Waals surface area contributed by atoms with Gasteiger partial charge in [0.05, 0.1) is 12.0 Å². The topological polar surface area (TPSA) is 40.7 Å². The van der Waals surface area contributed by atoms with Gasteiger partial charge >= 0.3 is 0 Å². The van der Waals surface area contributed by atoms with Crippen molar-refractivity contribution in [3.63, 3.8) is 0 Å². The number of unbranched alkanes of at least 4 members (excludes halogenated alkanes) is 1. The third kappa shape index (κ3) is 4.35. The number of aryl methyl sites for hydroxylation is 1. The minimum atomic E-state index is 0.819. The number of hydrogen-bond acceptors (Lipinski definition) is 2. The van der Waals surface area contributed by atoms with Crippen molar-refractivity contribution < 1.29 is 0 Å². The van der Waals surface area contributed by atoms with E-state index in [0.29, 0.717) is 0 Å². The van der Waals surface area contributed by atoms with Crippen molar-refractivity contribution in [1.82, 2.24) is 15.3 Å². The molecule has 1 aromatic heterocycles. The molecule has 0 saturated carbocycles. The van der Waals surface area contributed by atoms with E-state index in [1.165, 1.54) is 31.4 Å². The summed E-state index contributed by atoms with van der Waals surface area (Å²) in [5.74, 6) is 0.819. The van der Waals surface area contributed by atoms with Gasteiger partial charge < -0.3 is 10.3 Å². The Hall–Kier alpha value is -0.830. The summed E-state index contributed by atoms with van der Waals surface area (Å²) in [7, 11) is 0. The van der Waals surface area contributed by atoms with Crippen molar-refractivity contribution in [1.29, 1.82) is 0 Å². The number of aromatic amines is 1. The van der Waals surface area contributed by atoms with Crippen LogP contribution in [0.15, 0.2) is 6.33 Å². The van der Waals surface area contributed by atoms with E-state index in [9.17, 15) is 0 Å². The maximum absolute atomic E-state index is 4.28. The Balaban J connectivity index is 2.20. The molecule has 1 atom stereocenters. The molecule has 0 aromatic carbocycles. The monoisotopic (exact) mass is 223 g/mol. The second-order valence-electron chi connectivity index (χ2n) is 4.52. The largest absolute Gasteiger partial charge is 0.348 e. The van der Waals surface area contributed by atoms with Gasteiger partial charge in [-0.2, -0.15) is 0 Å². The number of hydrogen-bond donors (Lipinski definition) is 2. The molecular weight excluding hydrogens is 198 g/mol. The lowest BCUT2D eigenvalue weighted by atomic mass is 9.99. The van der Waals surface area contributed by atoms with Gasteiger partial charge in [-0.15, -0.1) is 0 Å². The Kier molecular flexibility index (Phi) is 6.16. The number of nitrogens with one attached hydrogen (secondary N) is 2. The molecule has 1 rings (SSSR count). The first-order chi connectivity index (χ1) is 7.77. The van der Waals surface area contributed by atoms with Crippen LogP contribution in [0, 0.1) is 12.8 Å². The first-order valence-electron chi connectivity index (χ1n) is 6.47. The van der Waals surface area contributed by atoms with Crippen LogP contribution in [-0.4, -0.2) is 16.5 Å². The summed E-state index contributed by atoms with van der Waals surface area (Å²) in [4.78, 5) is 7.39. The maximum Gasteiger partial charge on any atom is 0.0925 e. The summed E-state index contributed by atoms with van der Waals surface area (Å²) in [6.07, 6.45) is 7.03. The van der Waals surface area contributed by atoms with Crippen LogP contribution in [0.4, 0.5) is 0 Å². The van der Waals surface area contributed by atoms with E-state index in [-0.39, 0.29) is 0 Å². The summed E-state index contributed by atoms with van der Waals surface area (Å²) in [5, 5.41) is 3.51. The predicted molar refractivity (Wildman–Crippen MR) is 68.3 cm³/mol. The van der Waals surface area contributed by atoms with Gasteiger partial charge in [0.15, 0.2) is 0 Å². The van der Waals surface area contributed by atoms with Crippen LogP contribution in [0.5, 0.6) is 0 Å². The van der Waals surface area contributed by atoms with E-state index >= 15 is 0 Å². The minimum Gasteiger partial charge on any atom is -0.348 e. The Morgan fingerprint density at radius 3 is 2.81 bits per heavy atom. The highest BCUT2D eigenvalue weighted by molar-refractivity contribution is 5.07. The molecule has 1 unspecified atom stereocenters. The smallest absolute Gasteiger partial charge is 0.0925 e. The third-order valence-corrected chi connectivity index (χ3v) is 3.20. The number of imidazole rings is 1. The number of aromatic nitrogens is 2. The molecule has 0 aliphatic rings. The molecule has 0 fully saturated rings. The van der Waals surface area contributed by atoms with E-state index in [4.69, 9.17) is 0 Å². The summed E-state index contributed by atoms with van der Waals surface area (Å²) in [6.45, 7) is 8.61. The summed E-state index contributed by atoms with van der Waals surface area (Å²) in [6, 6.07) is 0. The van der Waals surface area contributed by atoms with Gasteiger partial charge in [0.25, 0.3) is 0 Å². The normalized spacial score (nSPS) is 12.9. The van der Waals surface area contributed by atoms with Crippen molar-refractivity contribution in [2.24, 2.45) is 5.92 Å². The van der Waals surface area contributed by atoms with E-state index in [1.807, 2.05) is 0 Å². The quantitative estimate of drug-likeness (QED) is 0.711. The van der Waals surface area contributed by atoms with Crippen LogP contribution in [-0.2, 0) is 6.54 Å². The zero-order valence-corrected chi connectivity index (χ0v) is 10.8. The molecule has 3 heteroatoms. The number of nitrogens with zero attached hydrogens (tertiary/aromatic N) is 1. The average molecular weight is 223 g/mol. The average Bonchev–Trinajstić information content (AvgIpc) is 2.69. The molecular formula is C13H25N3. The molecule has 0 spiro atoms. The van der Waals surface area contributed by atoms with Crippen LogP contribution in [0.25, 0.3) is 0 Å². The molecule has 2 N–H and O–H groups in total. The standard InChI is InChI=1S/C13H25N3/c1-4-6-7-12(5-2)8-14-9-13-11(3)15-10-16-13/h10,12,14H,4-9H2,1-3H3,(H,15,16). The lowest BCUT2D eigenvalue weighted by molar-refractivity contribution is 0.418. The highest BCUT2D eigenvalue weighted by atomic mass is 14.9. The van der Waals surface area contributed by atoms with Crippen molar-refractivity contribution >= 4 is 0 Å². The first-order valence-corrected chi connectivity index (χ1v) is 6.47. The fourth-order valence-corrected chi connectivity index (χ4v) is 1.90. The molecule has 3 nitrogen and oxygen atoms in total. The summed E-state index contributed by atoms with van der Waals surface area (Å²) >= 11 is 0. The Morgan fingerprint density at radius 1 is 1.44 bits per heavy atom. The lowest BCUT2D eigenvalue weighted by Crippen LogP contribution is -2.22. The van der Waals surface area contributed by atoms with Crippen molar-refractivity contribution in [3.05, 3.63) is 17.7 Å². The van der Waals surface area contributed by atoms with Gasteiger partial charge in [-0.3, -0.25) is 0 Å². The van der Waals surface area contributed by atoms with Crippen LogP contribution in [0.3, 0.4) is 0 Å². The zero-order chi connectivity index (χ0) is 11.8. The van der Waals surface area contributed by atoms with Gasteiger partial charge in [0.1, 0.15) is 0 Å². The van der Waals surface area contributed by atoms with E-state index in [2.05, 4.69) is 36.1 Å². The molecule has 92 valence electrons. The van der Waals surface area contributed by atoms with Crippen LogP contribution < -0.4 is 5.32 Å². The molecule has 0 aliphatic carbocycles. The molecule has 0 radical (unpaired) electrons. The molecule has 0 saturated heterocycles. The van der Waals surface area contributed by atoms with Crippen molar-refractivity contribution in [3.8, 4) is 0 Å². The number of H-pyrrole nitrogens is 1. The Bertz CT molecular complexity index is 280. The van der Waals surface area contributed by atoms with Crippen molar-refractivity contribution in [2.75, 3.05) is 6.54 Å². The fraction of sp³-hybridized carbons (Fsp3) is 0.769. The highest BCUT2D eigenvalue weighted by Crippen LogP contribution is 2.11. The predicted octanol–water partition coefficient (Wildman–Crippen LogP) is 3.02. The van der Waals surface area contributed by atoms with Crippen LogP contribution in [0.2, 0.25) is 0 Å². The summed E-state index contributed by atoms with van der Waals surface area (Å²) in [5.41, 5.74) is 2.32. The lowest BCUT2D eigenvalue weighted by Gasteiger charge is -2.14. The number of rotatable bonds is 8. The van der Waals surface area contributed by atoms with Gasteiger partial charge in [-0.05, 0) is 25.8 Å². The van der Waals surface area contributed by atoms with Gasteiger partial charge in [0.2, 0.25) is 0 Å². The maximum atomic E-state index is 4.28. The molecule has 0 aliphatic heterocycles. The SMILES string of the molecule is CCCCC(CC)CNCc1nc[nH]c1C. The van der Waals surface area contributed by atoms with Gasteiger partial charge in [0, 0.05) is 12.2 Å². The van der Waals surface area contributed by atoms with Gasteiger partial charge in [-0.1, -0.05) is 33.1 Å². The molecule has 1 aromatic rings. The Morgan fingerprint density at radius 2 is 2.25 bits per heavy atom. The highest BCUT2D eigenvalue weighted by Gasteiger charge is 2.06. The van der Waals surface area contributed by atoms with Crippen LogP contribution in [0.1, 0.15) is 50.9 Å². The Labute approximate surface area is 99.1 Å². The third-order valence-electron chi connectivity index (χ3n) is 3.20. The zero-order valence-electron chi connectivity index (χ0n) is 10.8. The molecule has 1 heterocycles. The first kappa shape index (κ1) is 13.2. The molecule has 0 amide bonds. The molecule has 16 heavy (non-hydrogen) atoms. The van der Waals surface area contributed by atoms with Crippen LogP contribution >= 0.6 is 0 Å². The second-order valence-corrected chi connectivity index (χ2v) is 4.52. The fourth-order valence-electron chi connectivity index (χ4n) is 1.90. The second kappa shape index (κ2) is 7.44. The molecule has 0 bridgehead atoms.